The van der Waals surface area contributed by atoms with Gasteiger partial charge in [0.25, 0.3) is 5.91 Å². The van der Waals surface area contributed by atoms with Gasteiger partial charge in [0, 0.05) is 31.7 Å². The van der Waals surface area contributed by atoms with Gasteiger partial charge >= 0.3 is 0 Å². The van der Waals surface area contributed by atoms with E-state index >= 15 is 0 Å². The maximum absolute atomic E-state index is 13.3. The molecular formula is C26H29N5O3. The molecule has 2 heterocycles. The van der Waals surface area contributed by atoms with Crippen LogP contribution in [0.15, 0.2) is 59.1 Å². The average molecular weight is 460 g/mol. The van der Waals surface area contributed by atoms with Gasteiger partial charge in [-0.15, -0.1) is 0 Å². The number of carbonyl (C=O) groups excluding carboxylic acids is 1. The van der Waals surface area contributed by atoms with Crippen molar-refractivity contribution in [1.29, 1.82) is 5.26 Å². The van der Waals surface area contributed by atoms with E-state index in [1.807, 2.05) is 56.0 Å². The number of hydrogen-bond donors (Lipinski definition) is 0. The lowest BCUT2D eigenvalue weighted by molar-refractivity contribution is -0.142. The highest BCUT2D eigenvalue weighted by atomic mass is 16.5. The van der Waals surface area contributed by atoms with Gasteiger partial charge in [0.15, 0.2) is 6.10 Å². The van der Waals surface area contributed by atoms with Crippen molar-refractivity contribution in [3.63, 3.8) is 0 Å². The molecule has 8 nitrogen and oxygen atoms in total. The predicted molar refractivity (Wildman–Crippen MR) is 127 cm³/mol. The minimum Gasteiger partial charge on any atom is -0.479 e. The van der Waals surface area contributed by atoms with Gasteiger partial charge in [-0.3, -0.25) is 9.69 Å². The number of hydrogen-bond acceptors (Lipinski definition) is 7. The fourth-order valence-electron chi connectivity index (χ4n) is 4.05. The van der Waals surface area contributed by atoms with Gasteiger partial charge in [-0.25, -0.2) is 0 Å². The van der Waals surface area contributed by atoms with Crippen LogP contribution >= 0.6 is 0 Å². The van der Waals surface area contributed by atoms with E-state index in [1.165, 1.54) is 0 Å². The van der Waals surface area contributed by atoms with E-state index in [1.54, 1.807) is 24.3 Å². The Kier molecular flexibility index (Phi) is 7.24. The van der Waals surface area contributed by atoms with Crippen LogP contribution in [0.2, 0.25) is 0 Å². The number of carbonyl (C=O) groups is 1. The molecule has 176 valence electrons. The minimum atomic E-state index is -0.650. The van der Waals surface area contributed by atoms with E-state index in [2.05, 4.69) is 21.1 Å². The van der Waals surface area contributed by atoms with Crippen LogP contribution in [-0.2, 0) is 4.79 Å². The Balaban J connectivity index is 1.38. The third-order valence-corrected chi connectivity index (χ3v) is 6.12. The second-order valence-corrected chi connectivity index (χ2v) is 8.75. The van der Waals surface area contributed by atoms with Crippen LogP contribution in [0, 0.1) is 17.2 Å². The zero-order valence-corrected chi connectivity index (χ0v) is 19.7. The quantitative estimate of drug-likeness (QED) is 0.528. The van der Waals surface area contributed by atoms with Gasteiger partial charge in [-0.05, 0) is 25.0 Å². The van der Waals surface area contributed by atoms with Gasteiger partial charge in [-0.1, -0.05) is 61.5 Å². The number of para-hydroxylation sites is 1. The molecule has 1 amide bonds. The van der Waals surface area contributed by atoms with Crippen molar-refractivity contribution < 1.29 is 14.1 Å². The number of nitriles is 1. The van der Waals surface area contributed by atoms with E-state index in [0.717, 1.165) is 5.56 Å². The molecule has 0 spiro atoms. The van der Waals surface area contributed by atoms with E-state index in [-0.39, 0.29) is 17.9 Å². The van der Waals surface area contributed by atoms with Gasteiger partial charge in [0.05, 0.1) is 11.6 Å². The summed E-state index contributed by atoms with van der Waals surface area (Å²) in [5.41, 5.74) is 1.34. The number of benzene rings is 2. The average Bonchev–Trinajstić information content (AvgIpc) is 3.37. The molecule has 2 aromatic carbocycles. The molecule has 2 unspecified atom stereocenters. The SMILES string of the molecule is CC(C)C(Oc1ccccc1C#N)C(=O)N1CCN(C(C)c2nc(-c3ccccc3)no2)CC1. The molecule has 8 heteroatoms. The molecule has 1 aliphatic rings. The first kappa shape index (κ1) is 23.5. The Morgan fingerprint density at radius 3 is 2.38 bits per heavy atom. The van der Waals surface area contributed by atoms with Crippen LogP contribution in [-0.4, -0.2) is 58.1 Å². The molecule has 34 heavy (non-hydrogen) atoms. The van der Waals surface area contributed by atoms with Gasteiger partial charge in [0.1, 0.15) is 11.8 Å². The molecule has 0 saturated carbocycles. The van der Waals surface area contributed by atoms with Crippen LogP contribution in [0.1, 0.15) is 38.3 Å². The Bertz CT molecular complexity index is 1150. The summed E-state index contributed by atoms with van der Waals surface area (Å²) in [6, 6.07) is 18.8. The fraction of sp³-hybridized carbons (Fsp3) is 0.385. The standard InChI is InChI=1S/C26H29N5O3/c1-18(2)23(33-22-12-8-7-11-21(22)17-27)26(32)31-15-13-30(14-16-31)19(3)25-28-24(29-34-25)20-9-5-4-6-10-20/h4-12,18-19,23H,13-16H2,1-3H3. The summed E-state index contributed by atoms with van der Waals surface area (Å²) in [5.74, 6) is 1.49. The largest absolute Gasteiger partial charge is 0.479 e. The van der Waals surface area contributed by atoms with E-state index in [0.29, 0.717) is 49.2 Å². The predicted octanol–water partition coefficient (Wildman–Crippen LogP) is 3.92. The van der Waals surface area contributed by atoms with Crippen molar-refractivity contribution in [2.24, 2.45) is 5.92 Å². The highest BCUT2D eigenvalue weighted by Gasteiger charge is 2.33. The minimum absolute atomic E-state index is 0.0361. The molecule has 0 aliphatic carbocycles. The Hall–Kier alpha value is -3.70. The molecular weight excluding hydrogens is 430 g/mol. The van der Waals surface area contributed by atoms with Gasteiger partial charge < -0.3 is 14.2 Å². The van der Waals surface area contributed by atoms with Crippen LogP contribution in [0.5, 0.6) is 5.75 Å². The van der Waals surface area contributed by atoms with Gasteiger partial charge in [0.2, 0.25) is 11.7 Å². The second-order valence-electron chi connectivity index (χ2n) is 8.75. The van der Waals surface area contributed by atoms with Crippen molar-refractivity contribution in [3.8, 4) is 23.2 Å². The van der Waals surface area contributed by atoms with Crippen LogP contribution < -0.4 is 4.74 Å². The van der Waals surface area contributed by atoms with Gasteiger partial charge in [-0.2, -0.15) is 10.2 Å². The monoisotopic (exact) mass is 459 g/mol. The maximum Gasteiger partial charge on any atom is 0.264 e. The molecule has 1 aromatic heterocycles. The fourth-order valence-corrected chi connectivity index (χ4v) is 4.05. The summed E-state index contributed by atoms with van der Waals surface area (Å²) in [6.07, 6.45) is -0.650. The molecule has 0 radical (unpaired) electrons. The molecule has 1 fully saturated rings. The number of nitrogens with zero attached hydrogens (tertiary/aromatic N) is 5. The van der Waals surface area contributed by atoms with E-state index in [9.17, 15) is 10.1 Å². The van der Waals surface area contributed by atoms with E-state index in [4.69, 9.17) is 9.26 Å². The molecule has 3 aromatic rings. The number of rotatable bonds is 7. The van der Waals surface area contributed by atoms with Crippen LogP contribution in [0.3, 0.4) is 0 Å². The molecule has 0 N–H and O–H groups in total. The normalized spacial score (nSPS) is 16.1. The van der Waals surface area contributed by atoms with Crippen molar-refractivity contribution in [1.82, 2.24) is 19.9 Å². The van der Waals surface area contributed by atoms with Crippen LogP contribution in [0.4, 0.5) is 0 Å². The lowest BCUT2D eigenvalue weighted by Crippen LogP contribution is -2.53. The Morgan fingerprint density at radius 2 is 1.71 bits per heavy atom. The van der Waals surface area contributed by atoms with Crippen LogP contribution in [0.25, 0.3) is 11.4 Å². The lowest BCUT2D eigenvalue weighted by Gasteiger charge is -2.38. The molecule has 0 bridgehead atoms. The number of aromatic nitrogens is 2. The lowest BCUT2D eigenvalue weighted by atomic mass is 10.0. The maximum atomic E-state index is 13.3. The first-order chi connectivity index (χ1) is 16.5. The Labute approximate surface area is 199 Å². The first-order valence-electron chi connectivity index (χ1n) is 11.6. The van der Waals surface area contributed by atoms with E-state index < -0.39 is 6.10 Å². The first-order valence-corrected chi connectivity index (χ1v) is 11.6. The summed E-state index contributed by atoms with van der Waals surface area (Å²) < 4.78 is 11.6. The summed E-state index contributed by atoms with van der Waals surface area (Å²) in [5, 5.41) is 13.5. The highest BCUT2D eigenvalue weighted by molar-refractivity contribution is 5.81. The van der Waals surface area contributed by atoms with Crippen molar-refractivity contribution >= 4 is 5.91 Å². The summed E-state index contributed by atoms with van der Waals surface area (Å²) in [6.45, 7) is 8.49. The second kappa shape index (κ2) is 10.5. The Morgan fingerprint density at radius 1 is 1.03 bits per heavy atom. The zero-order chi connectivity index (χ0) is 24.1. The summed E-state index contributed by atoms with van der Waals surface area (Å²) in [4.78, 5) is 22.0. The zero-order valence-electron chi connectivity index (χ0n) is 19.7. The molecule has 2 atom stereocenters. The third kappa shape index (κ3) is 5.10. The van der Waals surface area contributed by atoms with Crippen molar-refractivity contribution in [3.05, 3.63) is 66.1 Å². The van der Waals surface area contributed by atoms with Crippen molar-refractivity contribution in [2.75, 3.05) is 26.2 Å². The number of ether oxygens (including phenoxy) is 1. The van der Waals surface area contributed by atoms with Crippen molar-refractivity contribution in [2.45, 2.75) is 32.9 Å². The summed E-state index contributed by atoms with van der Waals surface area (Å²) in [7, 11) is 0. The molecule has 4 rings (SSSR count). The third-order valence-electron chi connectivity index (χ3n) is 6.12. The highest BCUT2D eigenvalue weighted by Crippen LogP contribution is 2.25. The topological polar surface area (TPSA) is 95.5 Å². The number of amides is 1. The number of piperazine rings is 1. The smallest absolute Gasteiger partial charge is 0.264 e. The molecule has 1 aliphatic heterocycles. The molecule has 1 saturated heterocycles. The summed E-state index contributed by atoms with van der Waals surface area (Å²) >= 11 is 0.